The van der Waals surface area contributed by atoms with Crippen LogP contribution in [0.5, 0.6) is 0 Å². The molecule has 1 amide bonds. The standard InChI is InChI=1S/C17H18N2O5S/c1-4-11-9-13(17(21)24-5-2)16(25-11)18-15(20)12-7-6-8-14(10(12)3)19(22)23/h6-9H,4-5H2,1-3H3,(H,18,20). The van der Waals surface area contributed by atoms with Gasteiger partial charge in [0.05, 0.1) is 17.1 Å². The molecule has 1 aromatic heterocycles. The number of carbonyl (C=O) groups excluding carboxylic acids is 2. The summed E-state index contributed by atoms with van der Waals surface area (Å²) in [5, 5.41) is 14.1. The number of anilines is 1. The fraction of sp³-hybridized carbons (Fsp3) is 0.294. The Labute approximate surface area is 148 Å². The Kier molecular flexibility index (Phi) is 5.87. The zero-order chi connectivity index (χ0) is 18.6. The van der Waals surface area contributed by atoms with Crippen molar-refractivity contribution >= 4 is 33.9 Å². The lowest BCUT2D eigenvalue weighted by atomic mass is 10.1. The van der Waals surface area contributed by atoms with E-state index in [0.717, 1.165) is 4.88 Å². The number of nitrogens with one attached hydrogen (secondary N) is 1. The first-order valence-electron chi connectivity index (χ1n) is 7.74. The monoisotopic (exact) mass is 362 g/mol. The first-order valence-corrected chi connectivity index (χ1v) is 8.55. The lowest BCUT2D eigenvalue weighted by Crippen LogP contribution is -2.15. The van der Waals surface area contributed by atoms with Crippen LogP contribution in [-0.2, 0) is 11.2 Å². The van der Waals surface area contributed by atoms with E-state index in [0.29, 0.717) is 17.0 Å². The molecular formula is C17H18N2O5S. The summed E-state index contributed by atoms with van der Waals surface area (Å²) in [6, 6.07) is 6.00. The maximum Gasteiger partial charge on any atom is 0.341 e. The first-order chi connectivity index (χ1) is 11.9. The number of hydrogen-bond acceptors (Lipinski definition) is 6. The quantitative estimate of drug-likeness (QED) is 0.476. The highest BCUT2D eigenvalue weighted by molar-refractivity contribution is 7.16. The molecule has 1 aromatic carbocycles. The van der Waals surface area contributed by atoms with Crippen LogP contribution in [0.15, 0.2) is 24.3 Å². The van der Waals surface area contributed by atoms with Gasteiger partial charge in [-0.1, -0.05) is 13.0 Å². The van der Waals surface area contributed by atoms with Gasteiger partial charge in [-0.15, -0.1) is 11.3 Å². The number of aryl methyl sites for hydroxylation is 1. The molecule has 8 heteroatoms. The second-order valence-electron chi connectivity index (χ2n) is 5.19. The summed E-state index contributed by atoms with van der Waals surface area (Å²) in [7, 11) is 0. The predicted molar refractivity (Wildman–Crippen MR) is 95.4 cm³/mol. The van der Waals surface area contributed by atoms with Crippen molar-refractivity contribution < 1.29 is 19.2 Å². The van der Waals surface area contributed by atoms with Gasteiger partial charge < -0.3 is 10.1 Å². The Morgan fingerprint density at radius 1 is 1.28 bits per heavy atom. The van der Waals surface area contributed by atoms with Gasteiger partial charge in [0.2, 0.25) is 0 Å². The number of carbonyl (C=O) groups is 2. The lowest BCUT2D eigenvalue weighted by molar-refractivity contribution is -0.385. The van der Waals surface area contributed by atoms with Crippen molar-refractivity contribution in [2.24, 2.45) is 0 Å². The Bertz CT molecular complexity index is 828. The second-order valence-corrected chi connectivity index (χ2v) is 6.33. The third-order valence-corrected chi connectivity index (χ3v) is 4.80. The summed E-state index contributed by atoms with van der Waals surface area (Å²) >= 11 is 1.29. The number of nitrogens with zero attached hydrogens (tertiary/aromatic N) is 1. The number of thiophene rings is 1. The molecule has 2 rings (SSSR count). The van der Waals surface area contributed by atoms with Crippen LogP contribution in [0, 0.1) is 17.0 Å². The number of nitro benzene ring substituents is 1. The van der Waals surface area contributed by atoms with E-state index in [-0.39, 0.29) is 23.4 Å². The van der Waals surface area contributed by atoms with Crippen LogP contribution in [0.1, 0.15) is 45.0 Å². The zero-order valence-electron chi connectivity index (χ0n) is 14.1. The minimum Gasteiger partial charge on any atom is -0.462 e. The fourth-order valence-corrected chi connectivity index (χ4v) is 3.29. The minimum atomic E-state index is -0.531. The van der Waals surface area contributed by atoms with Gasteiger partial charge in [0.15, 0.2) is 0 Å². The van der Waals surface area contributed by atoms with Crippen LogP contribution in [0.3, 0.4) is 0 Å². The van der Waals surface area contributed by atoms with E-state index in [1.54, 1.807) is 13.0 Å². The number of hydrogen-bond donors (Lipinski definition) is 1. The maximum atomic E-state index is 12.6. The predicted octanol–water partition coefficient (Wildman–Crippen LogP) is 3.96. The SMILES string of the molecule is CCOC(=O)c1cc(CC)sc1NC(=O)c1cccc([N+](=O)[O-])c1C. The summed E-state index contributed by atoms with van der Waals surface area (Å²) in [5.41, 5.74) is 0.629. The van der Waals surface area contributed by atoms with E-state index in [4.69, 9.17) is 4.74 Å². The molecule has 0 unspecified atom stereocenters. The second kappa shape index (κ2) is 7.89. The number of ether oxygens (including phenoxy) is 1. The van der Waals surface area contributed by atoms with Gasteiger partial charge in [0.1, 0.15) is 5.00 Å². The van der Waals surface area contributed by atoms with Gasteiger partial charge >= 0.3 is 5.97 Å². The first kappa shape index (κ1) is 18.6. The largest absolute Gasteiger partial charge is 0.462 e. The normalized spacial score (nSPS) is 10.4. The highest BCUT2D eigenvalue weighted by atomic mass is 32.1. The molecule has 0 spiro atoms. The van der Waals surface area contributed by atoms with E-state index in [1.807, 2.05) is 6.92 Å². The molecule has 0 aliphatic rings. The van der Waals surface area contributed by atoms with Crippen molar-refractivity contribution in [1.82, 2.24) is 0 Å². The van der Waals surface area contributed by atoms with Gasteiger partial charge in [0.25, 0.3) is 11.6 Å². The van der Waals surface area contributed by atoms with Crippen LogP contribution in [0.4, 0.5) is 10.7 Å². The molecule has 1 N–H and O–H groups in total. The molecule has 1 heterocycles. The maximum absolute atomic E-state index is 12.6. The fourth-order valence-electron chi connectivity index (χ4n) is 2.31. The molecule has 0 fully saturated rings. The van der Waals surface area contributed by atoms with Crippen molar-refractivity contribution in [3.05, 3.63) is 55.9 Å². The topological polar surface area (TPSA) is 98.5 Å². The number of esters is 1. The summed E-state index contributed by atoms with van der Waals surface area (Å²) < 4.78 is 5.02. The van der Waals surface area contributed by atoms with Gasteiger partial charge in [-0.2, -0.15) is 0 Å². The molecular weight excluding hydrogens is 344 g/mol. The molecule has 0 aliphatic carbocycles. The molecule has 0 aliphatic heterocycles. The summed E-state index contributed by atoms with van der Waals surface area (Å²) in [6.07, 6.45) is 0.711. The molecule has 0 saturated carbocycles. The third-order valence-electron chi connectivity index (χ3n) is 3.60. The van der Waals surface area contributed by atoms with E-state index < -0.39 is 16.8 Å². The van der Waals surface area contributed by atoms with Crippen LogP contribution in [-0.4, -0.2) is 23.4 Å². The number of rotatable bonds is 6. The average Bonchev–Trinajstić information content (AvgIpc) is 2.98. The van der Waals surface area contributed by atoms with Crippen LogP contribution in [0.2, 0.25) is 0 Å². The van der Waals surface area contributed by atoms with E-state index >= 15 is 0 Å². The highest BCUT2D eigenvalue weighted by Crippen LogP contribution is 2.30. The van der Waals surface area contributed by atoms with Crippen molar-refractivity contribution in [2.45, 2.75) is 27.2 Å². The van der Waals surface area contributed by atoms with Crippen molar-refractivity contribution in [3.63, 3.8) is 0 Å². The van der Waals surface area contributed by atoms with E-state index in [9.17, 15) is 19.7 Å². The minimum absolute atomic E-state index is 0.126. The Morgan fingerprint density at radius 3 is 2.60 bits per heavy atom. The summed E-state index contributed by atoms with van der Waals surface area (Å²) in [5.74, 6) is -1.01. The molecule has 7 nitrogen and oxygen atoms in total. The van der Waals surface area contributed by atoms with Crippen LogP contribution >= 0.6 is 11.3 Å². The Morgan fingerprint density at radius 2 is 2.00 bits per heavy atom. The van der Waals surface area contributed by atoms with Crippen molar-refractivity contribution in [2.75, 3.05) is 11.9 Å². The van der Waals surface area contributed by atoms with Crippen molar-refractivity contribution in [3.8, 4) is 0 Å². The van der Waals surface area contributed by atoms with Crippen molar-refractivity contribution in [1.29, 1.82) is 0 Å². The van der Waals surface area contributed by atoms with Crippen LogP contribution < -0.4 is 5.32 Å². The summed E-state index contributed by atoms with van der Waals surface area (Å²) in [4.78, 5) is 36.0. The average molecular weight is 362 g/mol. The third kappa shape index (κ3) is 4.03. The molecule has 0 radical (unpaired) electrons. The van der Waals surface area contributed by atoms with E-state index in [2.05, 4.69) is 5.32 Å². The molecule has 0 bridgehead atoms. The summed E-state index contributed by atoms with van der Waals surface area (Å²) in [6.45, 7) is 5.39. The Balaban J connectivity index is 2.35. The number of benzene rings is 1. The van der Waals surface area contributed by atoms with Crippen LogP contribution in [0.25, 0.3) is 0 Å². The number of amides is 1. The molecule has 2 aromatic rings. The Hall–Kier alpha value is -2.74. The molecule has 0 atom stereocenters. The van der Waals surface area contributed by atoms with Gasteiger partial charge in [-0.25, -0.2) is 4.79 Å². The van der Waals surface area contributed by atoms with Gasteiger partial charge in [-0.3, -0.25) is 14.9 Å². The van der Waals surface area contributed by atoms with Gasteiger partial charge in [0, 0.05) is 22.1 Å². The number of nitro groups is 1. The highest BCUT2D eigenvalue weighted by Gasteiger charge is 2.22. The molecule has 25 heavy (non-hydrogen) atoms. The lowest BCUT2D eigenvalue weighted by Gasteiger charge is -2.08. The smallest absolute Gasteiger partial charge is 0.341 e. The molecule has 132 valence electrons. The zero-order valence-corrected chi connectivity index (χ0v) is 14.9. The van der Waals surface area contributed by atoms with E-state index in [1.165, 1.54) is 36.5 Å². The molecule has 0 saturated heterocycles. The van der Waals surface area contributed by atoms with Gasteiger partial charge in [-0.05, 0) is 32.4 Å².